The molecule has 3 aromatic rings. The van der Waals surface area contributed by atoms with Gasteiger partial charge in [0.1, 0.15) is 17.7 Å². The summed E-state index contributed by atoms with van der Waals surface area (Å²) in [7, 11) is 0. The fourth-order valence-electron chi connectivity index (χ4n) is 5.60. The van der Waals surface area contributed by atoms with Crippen molar-refractivity contribution in [1.82, 2.24) is 30.1 Å². The molecule has 0 aromatic carbocycles. The molecule has 188 valence electrons. The van der Waals surface area contributed by atoms with Crippen LogP contribution in [0.2, 0.25) is 0 Å². The van der Waals surface area contributed by atoms with Gasteiger partial charge in [0.15, 0.2) is 0 Å². The van der Waals surface area contributed by atoms with Crippen molar-refractivity contribution >= 4 is 29.3 Å². The van der Waals surface area contributed by atoms with E-state index in [2.05, 4.69) is 25.8 Å². The third kappa shape index (κ3) is 4.61. The molecule has 0 spiro atoms. The summed E-state index contributed by atoms with van der Waals surface area (Å²) in [5.41, 5.74) is 2.57. The molecule has 1 aliphatic heterocycles. The quantitative estimate of drug-likeness (QED) is 0.442. The van der Waals surface area contributed by atoms with E-state index >= 15 is 0 Å². The highest BCUT2D eigenvalue weighted by Gasteiger charge is 2.34. The lowest BCUT2D eigenvalue weighted by molar-refractivity contribution is -0.117. The van der Waals surface area contributed by atoms with Crippen molar-refractivity contribution in [3.05, 3.63) is 41.4 Å². The number of fused-ring (bicyclic) bond motifs is 1. The zero-order chi connectivity index (χ0) is 24.5. The second kappa shape index (κ2) is 9.79. The number of H-pyrrole nitrogens is 1. The summed E-state index contributed by atoms with van der Waals surface area (Å²) in [5.74, 6) is 2.40. The SMILES string of the molecule is O=C(Nc1ccc(F)nc1)[C@H]1CCCN1c1nc2c(c(Nc3n[nH]c(C4CCCCC4)n3)n1)CCC2. The molecular formula is C25H30FN9O. The molecule has 3 N–H and O–H groups in total. The zero-order valence-corrected chi connectivity index (χ0v) is 20.1. The fraction of sp³-hybridized carbons (Fsp3) is 0.520. The number of carbonyl (C=O) groups is 1. The van der Waals surface area contributed by atoms with Crippen LogP contribution >= 0.6 is 0 Å². The highest BCUT2D eigenvalue weighted by Crippen LogP contribution is 2.34. The molecule has 1 amide bonds. The van der Waals surface area contributed by atoms with Crippen molar-refractivity contribution in [2.75, 3.05) is 22.1 Å². The standard InChI is InChI=1S/C25H30FN9O/c26-20-12-11-16(14-27-20)28-23(36)19-10-5-13-35(19)25-29-18-9-4-8-17(18)22(32-25)31-24-30-21(33-34-24)15-6-2-1-3-7-15/h11-12,14-15,19H,1-10,13H2,(H,28,36)(H2,29,30,31,32,33,34)/t19-/m1/s1. The number of aromatic amines is 1. The summed E-state index contributed by atoms with van der Waals surface area (Å²) in [6.45, 7) is 0.685. The molecule has 6 rings (SSSR count). The lowest BCUT2D eigenvalue weighted by atomic mass is 9.89. The van der Waals surface area contributed by atoms with Gasteiger partial charge in [0.05, 0.1) is 17.6 Å². The van der Waals surface area contributed by atoms with Gasteiger partial charge in [0.2, 0.25) is 23.8 Å². The van der Waals surface area contributed by atoms with Gasteiger partial charge < -0.3 is 15.5 Å². The molecule has 3 aliphatic rings. The molecule has 1 saturated carbocycles. The lowest BCUT2D eigenvalue weighted by Gasteiger charge is -2.25. The van der Waals surface area contributed by atoms with Crippen molar-refractivity contribution in [1.29, 1.82) is 0 Å². The van der Waals surface area contributed by atoms with E-state index in [1.54, 1.807) is 0 Å². The van der Waals surface area contributed by atoms with Gasteiger partial charge in [-0.3, -0.25) is 9.89 Å². The van der Waals surface area contributed by atoms with Crippen LogP contribution in [-0.4, -0.2) is 48.6 Å². The number of amides is 1. The Morgan fingerprint density at radius 1 is 1.03 bits per heavy atom. The fourth-order valence-corrected chi connectivity index (χ4v) is 5.60. The number of aromatic nitrogens is 6. The Labute approximate surface area is 208 Å². The molecule has 11 heteroatoms. The Hall–Kier alpha value is -3.63. The molecule has 36 heavy (non-hydrogen) atoms. The summed E-state index contributed by atoms with van der Waals surface area (Å²) in [4.78, 5) is 33.1. The summed E-state index contributed by atoms with van der Waals surface area (Å²) in [6, 6.07) is 2.32. The first kappa shape index (κ1) is 22.8. The van der Waals surface area contributed by atoms with E-state index < -0.39 is 12.0 Å². The normalized spacial score (nSPS) is 19.9. The van der Waals surface area contributed by atoms with E-state index in [4.69, 9.17) is 15.0 Å². The van der Waals surface area contributed by atoms with E-state index in [-0.39, 0.29) is 5.91 Å². The summed E-state index contributed by atoms with van der Waals surface area (Å²) >= 11 is 0. The highest BCUT2D eigenvalue weighted by atomic mass is 19.1. The number of rotatable bonds is 6. The number of carbonyl (C=O) groups excluding carboxylic acids is 1. The molecule has 3 aromatic heterocycles. The Kier molecular flexibility index (Phi) is 6.20. The molecule has 1 atom stereocenters. The van der Waals surface area contributed by atoms with Crippen LogP contribution in [0, 0.1) is 5.95 Å². The van der Waals surface area contributed by atoms with Gasteiger partial charge in [-0.1, -0.05) is 19.3 Å². The Bertz CT molecular complexity index is 1240. The molecule has 2 fully saturated rings. The number of nitrogens with one attached hydrogen (secondary N) is 3. The predicted molar refractivity (Wildman–Crippen MR) is 133 cm³/mol. The number of hydrogen-bond acceptors (Lipinski definition) is 8. The number of hydrogen-bond donors (Lipinski definition) is 3. The first-order valence-electron chi connectivity index (χ1n) is 12.9. The molecule has 0 radical (unpaired) electrons. The van der Waals surface area contributed by atoms with Gasteiger partial charge in [-0.15, -0.1) is 5.10 Å². The predicted octanol–water partition coefficient (Wildman–Crippen LogP) is 4.02. The van der Waals surface area contributed by atoms with Crippen LogP contribution in [0.5, 0.6) is 0 Å². The van der Waals surface area contributed by atoms with Gasteiger partial charge in [-0.2, -0.15) is 14.4 Å². The van der Waals surface area contributed by atoms with Crippen molar-refractivity contribution in [2.45, 2.75) is 76.2 Å². The molecular weight excluding hydrogens is 461 g/mol. The molecule has 0 unspecified atom stereocenters. The number of halogens is 1. The maximum atomic E-state index is 13.1. The second-order valence-corrected chi connectivity index (χ2v) is 9.87. The van der Waals surface area contributed by atoms with Crippen LogP contribution in [0.3, 0.4) is 0 Å². The van der Waals surface area contributed by atoms with Gasteiger partial charge in [-0.05, 0) is 57.1 Å². The minimum absolute atomic E-state index is 0.175. The van der Waals surface area contributed by atoms with E-state index in [1.165, 1.54) is 37.6 Å². The minimum atomic E-state index is -0.584. The number of anilines is 4. The first-order valence-corrected chi connectivity index (χ1v) is 12.9. The number of aryl methyl sites for hydroxylation is 1. The summed E-state index contributed by atoms with van der Waals surface area (Å²) < 4.78 is 13.1. The van der Waals surface area contributed by atoms with Gasteiger partial charge >= 0.3 is 0 Å². The average molecular weight is 492 g/mol. The minimum Gasteiger partial charge on any atom is -0.329 e. The van der Waals surface area contributed by atoms with Gasteiger partial charge in [-0.25, -0.2) is 9.97 Å². The largest absolute Gasteiger partial charge is 0.329 e. The van der Waals surface area contributed by atoms with Crippen LogP contribution in [0.4, 0.5) is 27.8 Å². The summed E-state index contributed by atoms with van der Waals surface area (Å²) in [6.07, 6.45) is 11.7. The van der Waals surface area contributed by atoms with Crippen molar-refractivity contribution < 1.29 is 9.18 Å². The zero-order valence-electron chi connectivity index (χ0n) is 20.1. The van der Waals surface area contributed by atoms with Crippen LogP contribution in [0.15, 0.2) is 18.3 Å². The number of nitrogens with zero attached hydrogens (tertiary/aromatic N) is 6. The van der Waals surface area contributed by atoms with Crippen LogP contribution < -0.4 is 15.5 Å². The first-order chi connectivity index (χ1) is 17.6. The van der Waals surface area contributed by atoms with Crippen LogP contribution in [0.1, 0.15) is 74.4 Å². The Morgan fingerprint density at radius 3 is 2.75 bits per heavy atom. The lowest BCUT2D eigenvalue weighted by Crippen LogP contribution is -2.40. The molecule has 4 heterocycles. The highest BCUT2D eigenvalue weighted by molar-refractivity contribution is 5.96. The third-order valence-corrected chi connectivity index (χ3v) is 7.45. The third-order valence-electron chi connectivity index (χ3n) is 7.45. The smallest absolute Gasteiger partial charge is 0.247 e. The van der Waals surface area contributed by atoms with Gasteiger partial charge in [0.25, 0.3) is 0 Å². The van der Waals surface area contributed by atoms with Gasteiger partial charge in [0, 0.05) is 18.0 Å². The van der Waals surface area contributed by atoms with Crippen LogP contribution in [0.25, 0.3) is 0 Å². The van der Waals surface area contributed by atoms with E-state index in [1.807, 2.05) is 4.90 Å². The Morgan fingerprint density at radius 2 is 1.92 bits per heavy atom. The molecule has 1 saturated heterocycles. The monoisotopic (exact) mass is 491 g/mol. The Balaban J connectivity index is 1.23. The molecule has 0 bridgehead atoms. The topological polar surface area (TPSA) is 125 Å². The number of pyridine rings is 1. The molecule has 2 aliphatic carbocycles. The maximum Gasteiger partial charge on any atom is 0.247 e. The van der Waals surface area contributed by atoms with Crippen molar-refractivity contribution in [3.63, 3.8) is 0 Å². The van der Waals surface area contributed by atoms with Crippen molar-refractivity contribution in [2.24, 2.45) is 0 Å². The maximum absolute atomic E-state index is 13.1. The summed E-state index contributed by atoms with van der Waals surface area (Å²) in [5, 5.41) is 13.7. The van der Waals surface area contributed by atoms with E-state index in [0.717, 1.165) is 61.4 Å². The molecule has 10 nitrogen and oxygen atoms in total. The van der Waals surface area contributed by atoms with E-state index in [9.17, 15) is 9.18 Å². The van der Waals surface area contributed by atoms with Crippen LogP contribution in [-0.2, 0) is 17.6 Å². The van der Waals surface area contributed by atoms with E-state index in [0.29, 0.717) is 36.5 Å². The average Bonchev–Trinajstić information content (AvgIpc) is 3.66. The second-order valence-electron chi connectivity index (χ2n) is 9.87. The van der Waals surface area contributed by atoms with Crippen molar-refractivity contribution in [3.8, 4) is 0 Å².